The van der Waals surface area contributed by atoms with Gasteiger partial charge in [0.2, 0.25) is 0 Å². The lowest BCUT2D eigenvalue weighted by atomic mass is 9.95. The summed E-state index contributed by atoms with van der Waals surface area (Å²) in [5.74, 6) is 0. The summed E-state index contributed by atoms with van der Waals surface area (Å²) in [6.45, 7) is 5.28. The lowest BCUT2D eigenvalue weighted by Gasteiger charge is -2.27. The third kappa shape index (κ3) is 3.64. The van der Waals surface area contributed by atoms with E-state index in [-0.39, 0.29) is 0 Å². The Morgan fingerprint density at radius 1 is 1.10 bits per heavy atom. The van der Waals surface area contributed by atoms with E-state index in [4.69, 9.17) is 4.74 Å². The molecule has 0 radical (unpaired) electrons. The highest BCUT2D eigenvalue weighted by atomic mass is 16.5. The van der Waals surface area contributed by atoms with E-state index in [1.165, 1.54) is 51.5 Å². The van der Waals surface area contributed by atoms with Crippen LogP contribution in [0.2, 0.25) is 0 Å². The zero-order valence-electron chi connectivity index (χ0n) is 12.6. The number of hydrogen-bond acceptors (Lipinski definition) is 2. The first-order valence-electron chi connectivity index (χ1n) is 8.39. The fraction of sp³-hybridized carbons (Fsp3) is 0.765. The lowest BCUT2D eigenvalue weighted by molar-refractivity contribution is 0.0374. The molecule has 112 valence electrons. The van der Waals surface area contributed by atoms with Gasteiger partial charge >= 0.3 is 0 Å². The summed E-state index contributed by atoms with van der Waals surface area (Å²) in [7, 11) is 0. The Morgan fingerprint density at radius 3 is 2.70 bits per heavy atom. The fourth-order valence-electron chi connectivity index (χ4n) is 3.67. The molecule has 0 N–H and O–H groups in total. The zero-order chi connectivity index (χ0) is 13.6. The minimum atomic E-state index is 0.775. The van der Waals surface area contributed by atoms with E-state index in [9.17, 15) is 0 Å². The van der Waals surface area contributed by atoms with E-state index in [0.29, 0.717) is 0 Å². The number of nitrogens with zero attached hydrogens (tertiary/aromatic N) is 2. The van der Waals surface area contributed by atoms with Crippen LogP contribution in [0.4, 0.5) is 0 Å². The van der Waals surface area contributed by atoms with Crippen molar-refractivity contribution in [3.05, 3.63) is 24.0 Å². The first-order valence-corrected chi connectivity index (χ1v) is 8.39. The predicted octanol–water partition coefficient (Wildman–Crippen LogP) is 3.26. The molecule has 3 rings (SSSR count). The van der Waals surface area contributed by atoms with E-state index in [2.05, 4.69) is 27.8 Å². The molecule has 1 saturated heterocycles. The maximum Gasteiger partial charge on any atom is 0.0594 e. The van der Waals surface area contributed by atoms with Gasteiger partial charge in [0, 0.05) is 31.0 Å². The number of aromatic nitrogens is 1. The molecule has 0 unspecified atom stereocenters. The Labute approximate surface area is 122 Å². The summed E-state index contributed by atoms with van der Waals surface area (Å²) in [4.78, 5) is 2.54. The molecule has 1 saturated carbocycles. The molecule has 2 fully saturated rings. The monoisotopic (exact) mass is 276 g/mol. The van der Waals surface area contributed by atoms with Crippen LogP contribution in [0.25, 0.3) is 0 Å². The van der Waals surface area contributed by atoms with Crippen LogP contribution in [-0.4, -0.2) is 42.3 Å². The quantitative estimate of drug-likeness (QED) is 0.821. The summed E-state index contributed by atoms with van der Waals surface area (Å²) in [6.07, 6.45) is 11.8. The maximum absolute atomic E-state index is 5.40. The number of aryl methyl sites for hydroxylation is 1. The Kier molecular flexibility index (Phi) is 5.15. The Balaban J connectivity index is 1.48. The average molecular weight is 276 g/mol. The highest BCUT2D eigenvalue weighted by Gasteiger charge is 2.17. The van der Waals surface area contributed by atoms with Crippen molar-refractivity contribution < 1.29 is 4.74 Å². The van der Waals surface area contributed by atoms with Gasteiger partial charge in [-0.15, -0.1) is 0 Å². The molecular formula is C17H28N2O. The van der Waals surface area contributed by atoms with Gasteiger partial charge in [-0.2, -0.15) is 0 Å². The number of ether oxygens (including phenoxy) is 1. The fourth-order valence-corrected chi connectivity index (χ4v) is 3.67. The van der Waals surface area contributed by atoms with Crippen LogP contribution in [0, 0.1) is 0 Å². The van der Waals surface area contributed by atoms with Crippen molar-refractivity contribution in [1.29, 1.82) is 0 Å². The van der Waals surface area contributed by atoms with Crippen LogP contribution in [0.5, 0.6) is 0 Å². The van der Waals surface area contributed by atoms with Crippen molar-refractivity contribution in [2.24, 2.45) is 0 Å². The van der Waals surface area contributed by atoms with Gasteiger partial charge in [-0.1, -0.05) is 19.3 Å². The highest BCUT2D eigenvalue weighted by molar-refractivity contribution is 5.09. The highest BCUT2D eigenvalue weighted by Crippen LogP contribution is 2.29. The van der Waals surface area contributed by atoms with Crippen molar-refractivity contribution >= 4 is 0 Å². The van der Waals surface area contributed by atoms with Crippen molar-refractivity contribution in [3.63, 3.8) is 0 Å². The van der Waals surface area contributed by atoms with Crippen molar-refractivity contribution in [2.45, 2.75) is 51.0 Å². The Bertz CT molecular complexity index is 389. The summed E-state index contributed by atoms with van der Waals surface area (Å²) >= 11 is 0. The second-order valence-corrected chi connectivity index (χ2v) is 6.26. The van der Waals surface area contributed by atoms with E-state index in [1.807, 2.05) is 0 Å². The second-order valence-electron chi connectivity index (χ2n) is 6.26. The Hall–Kier alpha value is -0.800. The lowest BCUT2D eigenvalue weighted by Crippen LogP contribution is -2.37. The average Bonchev–Trinajstić information content (AvgIpc) is 2.98. The smallest absolute Gasteiger partial charge is 0.0594 e. The molecule has 3 heteroatoms. The van der Waals surface area contributed by atoms with Gasteiger partial charge in [0.15, 0.2) is 0 Å². The second kappa shape index (κ2) is 7.28. The first-order chi connectivity index (χ1) is 9.93. The van der Waals surface area contributed by atoms with Gasteiger partial charge in [-0.05, 0) is 44.4 Å². The van der Waals surface area contributed by atoms with Gasteiger partial charge in [0.1, 0.15) is 0 Å². The van der Waals surface area contributed by atoms with Gasteiger partial charge in [0.25, 0.3) is 0 Å². The first kappa shape index (κ1) is 14.2. The van der Waals surface area contributed by atoms with Crippen LogP contribution in [0.1, 0.15) is 50.3 Å². The molecule has 0 spiro atoms. The van der Waals surface area contributed by atoms with E-state index < -0.39 is 0 Å². The summed E-state index contributed by atoms with van der Waals surface area (Å²) < 4.78 is 7.97. The van der Waals surface area contributed by atoms with Gasteiger partial charge in [-0.3, -0.25) is 4.90 Å². The van der Waals surface area contributed by atoms with Crippen LogP contribution < -0.4 is 0 Å². The van der Waals surface area contributed by atoms with Gasteiger partial charge in [0.05, 0.1) is 13.2 Å². The molecule has 0 aromatic carbocycles. The molecule has 3 nitrogen and oxygen atoms in total. The molecule has 20 heavy (non-hydrogen) atoms. The topological polar surface area (TPSA) is 17.4 Å². The van der Waals surface area contributed by atoms with Crippen LogP contribution in [0.15, 0.2) is 18.3 Å². The molecule has 2 aliphatic rings. The van der Waals surface area contributed by atoms with Crippen molar-refractivity contribution in [3.8, 4) is 0 Å². The van der Waals surface area contributed by atoms with Crippen LogP contribution >= 0.6 is 0 Å². The molecular weight excluding hydrogens is 248 g/mol. The Morgan fingerprint density at radius 2 is 1.90 bits per heavy atom. The normalized spacial score (nSPS) is 22.2. The molecule has 1 aliphatic carbocycles. The molecule has 0 amide bonds. The van der Waals surface area contributed by atoms with E-state index in [0.717, 1.165) is 32.3 Å². The minimum Gasteiger partial charge on any atom is -0.379 e. The molecule has 0 atom stereocenters. The predicted molar refractivity (Wildman–Crippen MR) is 82.1 cm³/mol. The molecule has 1 aromatic rings. The third-order valence-electron chi connectivity index (χ3n) is 4.85. The summed E-state index contributed by atoms with van der Waals surface area (Å²) in [6, 6.07) is 5.34. The number of morpholine rings is 1. The molecule has 2 heterocycles. The molecule has 0 bridgehead atoms. The van der Waals surface area contributed by atoms with Crippen molar-refractivity contribution in [2.75, 3.05) is 32.8 Å². The zero-order valence-corrected chi connectivity index (χ0v) is 12.6. The minimum absolute atomic E-state index is 0.775. The van der Waals surface area contributed by atoms with Gasteiger partial charge < -0.3 is 9.30 Å². The third-order valence-corrected chi connectivity index (χ3v) is 4.85. The molecule has 1 aromatic heterocycles. The summed E-state index contributed by atoms with van der Waals surface area (Å²) in [5.41, 5.74) is 1.55. The number of hydrogen-bond donors (Lipinski definition) is 0. The standard InChI is InChI=1S/C17H28N2O/c1-2-6-16(7-3-1)19-11-5-9-17(19)8-4-10-18-12-14-20-15-13-18/h5,9,11,16H,1-4,6-8,10,12-15H2. The van der Waals surface area contributed by atoms with Crippen LogP contribution in [-0.2, 0) is 11.2 Å². The SMILES string of the molecule is c1cc(CCCN2CCOCC2)n(C2CCCCC2)c1. The maximum atomic E-state index is 5.40. The largest absolute Gasteiger partial charge is 0.379 e. The number of rotatable bonds is 5. The van der Waals surface area contributed by atoms with Gasteiger partial charge in [-0.25, -0.2) is 0 Å². The van der Waals surface area contributed by atoms with E-state index >= 15 is 0 Å². The summed E-state index contributed by atoms with van der Waals surface area (Å²) in [5, 5.41) is 0. The van der Waals surface area contributed by atoms with Crippen LogP contribution in [0.3, 0.4) is 0 Å². The molecule has 1 aliphatic heterocycles. The van der Waals surface area contributed by atoms with Crippen molar-refractivity contribution in [1.82, 2.24) is 9.47 Å². The van der Waals surface area contributed by atoms with E-state index in [1.54, 1.807) is 5.69 Å².